The third-order valence-corrected chi connectivity index (χ3v) is 3.93. The fourth-order valence-electron chi connectivity index (χ4n) is 2.36. The summed E-state index contributed by atoms with van der Waals surface area (Å²) in [5.41, 5.74) is 5.24. The van der Waals surface area contributed by atoms with Gasteiger partial charge in [0, 0.05) is 6.61 Å². The molecule has 27 heavy (non-hydrogen) atoms. The fourth-order valence-corrected chi connectivity index (χ4v) is 2.36. The van der Waals surface area contributed by atoms with Gasteiger partial charge in [-0.3, -0.25) is 4.79 Å². The molecular formula is C24H39NO2. The highest BCUT2D eigenvalue weighted by Gasteiger charge is 2.11. The molecule has 0 aromatic carbocycles. The number of primary amides is 1. The normalized spacial score (nSPS) is 13.9. The number of ether oxygens (including phenoxy) is 1. The van der Waals surface area contributed by atoms with Crippen molar-refractivity contribution in [2.24, 2.45) is 5.73 Å². The molecule has 0 saturated carbocycles. The van der Waals surface area contributed by atoms with Crippen molar-refractivity contribution in [3.8, 4) is 0 Å². The van der Waals surface area contributed by atoms with Crippen LogP contribution in [0.2, 0.25) is 0 Å². The summed E-state index contributed by atoms with van der Waals surface area (Å²) < 4.78 is 5.46. The van der Waals surface area contributed by atoms with E-state index in [2.05, 4.69) is 67.7 Å². The average molecular weight is 374 g/mol. The summed E-state index contributed by atoms with van der Waals surface area (Å²) in [5.74, 6) is -0.365. The predicted octanol–water partition coefficient (Wildman–Crippen LogP) is 6.19. The van der Waals surface area contributed by atoms with E-state index < -0.39 is 6.10 Å². The van der Waals surface area contributed by atoms with Crippen LogP contribution < -0.4 is 5.73 Å². The largest absolute Gasteiger partial charge is 0.368 e. The summed E-state index contributed by atoms with van der Waals surface area (Å²) in [4.78, 5) is 11.0. The molecular weight excluding hydrogens is 334 g/mol. The van der Waals surface area contributed by atoms with Crippen LogP contribution in [0.15, 0.2) is 60.8 Å². The number of rotatable bonds is 17. The van der Waals surface area contributed by atoms with Gasteiger partial charge < -0.3 is 10.5 Å². The van der Waals surface area contributed by atoms with Crippen LogP contribution in [-0.4, -0.2) is 18.6 Å². The van der Waals surface area contributed by atoms with Gasteiger partial charge in [0.05, 0.1) is 0 Å². The highest BCUT2D eigenvalue weighted by molar-refractivity contribution is 5.78. The lowest BCUT2D eigenvalue weighted by atomic mass is 10.2. The molecule has 3 nitrogen and oxygen atoms in total. The van der Waals surface area contributed by atoms with Crippen LogP contribution in [0.3, 0.4) is 0 Å². The van der Waals surface area contributed by atoms with Crippen molar-refractivity contribution in [2.75, 3.05) is 6.61 Å². The molecule has 0 aromatic heterocycles. The number of allylic oxidation sites excluding steroid dienone is 10. The van der Waals surface area contributed by atoms with Gasteiger partial charge in [0.15, 0.2) is 0 Å². The molecule has 0 spiro atoms. The molecule has 3 heteroatoms. The van der Waals surface area contributed by atoms with Crippen molar-refractivity contribution >= 4 is 5.91 Å². The first-order chi connectivity index (χ1) is 13.2. The van der Waals surface area contributed by atoms with E-state index in [9.17, 15) is 4.79 Å². The highest BCUT2D eigenvalue weighted by Crippen LogP contribution is 2.03. The lowest BCUT2D eigenvalue weighted by molar-refractivity contribution is -0.129. The molecule has 0 aliphatic heterocycles. The Hall–Kier alpha value is -1.87. The minimum absolute atomic E-state index is 0.365. The zero-order valence-corrected chi connectivity index (χ0v) is 17.3. The fraction of sp³-hybridized carbons (Fsp3) is 0.542. The number of nitrogens with two attached hydrogens (primary N) is 1. The van der Waals surface area contributed by atoms with Crippen molar-refractivity contribution in [1.82, 2.24) is 0 Å². The molecule has 1 unspecified atom stereocenters. The number of unbranched alkanes of at least 4 members (excludes halogenated alkanes) is 2. The van der Waals surface area contributed by atoms with Gasteiger partial charge in [0.1, 0.15) is 6.10 Å². The van der Waals surface area contributed by atoms with E-state index in [0.717, 1.165) is 51.4 Å². The zero-order chi connectivity index (χ0) is 20.0. The van der Waals surface area contributed by atoms with Gasteiger partial charge in [-0.1, -0.05) is 74.6 Å². The van der Waals surface area contributed by atoms with Crippen LogP contribution >= 0.6 is 0 Å². The zero-order valence-electron chi connectivity index (χ0n) is 17.3. The van der Waals surface area contributed by atoms with Gasteiger partial charge in [-0.15, -0.1) is 0 Å². The van der Waals surface area contributed by atoms with Gasteiger partial charge in [0.25, 0.3) is 0 Å². The molecule has 1 amide bonds. The van der Waals surface area contributed by atoms with Gasteiger partial charge in [-0.25, -0.2) is 0 Å². The summed E-state index contributed by atoms with van der Waals surface area (Å²) in [7, 11) is 0. The third kappa shape index (κ3) is 18.7. The second-order valence-corrected chi connectivity index (χ2v) is 6.37. The smallest absolute Gasteiger partial charge is 0.246 e. The van der Waals surface area contributed by atoms with E-state index >= 15 is 0 Å². The van der Waals surface area contributed by atoms with E-state index in [1.54, 1.807) is 0 Å². The second-order valence-electron chi connectivity index (χ2n) is 6.37. The topological polar surface area (TPSA) is 52.3 Å². The van der Waals surface area contributed by atoms with E-state index in [0.29, 0.717) is 13.0 Å². The lowest BCUT2D eigenvalue weighted by Gasteiger charge is -2.11. The van der Waals surface area contributed by atoms with Crippen molar-refractivity contribution in [2.45, 2.75) is 77.7 Å². The summed E-state index contributed by atoms with van der Waals surface area (Å²) in [6.07, 6.45) is 30.5. The maximum atomic E-state index is 11.0. The predicted molar refractivity (Wildman–Crippen MR) is 118 cm³/mol. The minimum atomic E-state index is -0.432. The second kappa shape index (κ2) is 20.4. The first-order valence-electron chi connectivity index (χ1n) is 10.4. The Bertz CT molecular complexity index is 487. The van der Waals surface area contributed by atoms with Crippen molar-refractivity contribution in [3.05, 3.63) is 60.8 Å². The van der Waals surface area contributed by atoms with Crippen LogP contribution in [0.25, 0.3) is 0 Å². The molecule has 0 bridgehead atoms. The Balaban J connectivity index is 3.51. The molecule has 0 aromatic rings. The first kappa shape index (κ1) is 25.1. The molecule has 1 atom stereocenters. The average Bonchev–Trinajstić information content (AvgIpc) is 2.66. The van der Waals surface area contributed by atoms with Gasteiger partial charge in [-0.05, 0) is 57.8 Å². The van der Waals surface area contributed by atoms with Crippen LogP contribution in [0, 0.1) is 0 Å². The molecule has 152 valence electrons. The lowest BCUT2D eigenvalue weighted by Crippen LogP contribution is -2.30. The van der Waals surface area contributed by atoms with E-state index in [4.69, 9.17) is 10.5 Å². The number of hydrogen-bond donors (Lipinski definition) is 1. The van der Waals surface area contributed by atoms with E-state index in [1.165, 1.54) is 0 Å². The highest BCUT2D eigenvalue weighted by atomic mass is 16.5. The molecule has 0 fully saturated rings. The maximum Gasteiger partial charge on any atom is 0.246 e. The molecule has 0 saturated heterocycles. The number of hydrogen-bond acceptors (Lipinski definition) is 2. The molecule has 0 aliphatic carbocycles. The molecule has 0 rings (SSSR count). The van der Waals surface area contributed by atoms with E-state index in [-0.39, 0.29) is 5.91 Å². The quantitative estimate of drug-likeness (QED) is 0.244. The summed E-state index contributed by atoms with van der Waals surface area (Å²) >= 11 is 0. The summed E-state index contributed by atoms with van der Waals surface area (Å²) in [5, 5.41) is 0. The molecule has 0 heterocycles. The Morgan fingerprint density at radius 3 is 1.70 bits per heavy atom. The molecule has 2 N–H and O–H groups in total. The van der Waals surface area contributed by atoms with Crippen molar-refractivity contribution < 1.29 is 9.53 Å². The number of carbonyl (C=O) groups excluding carboxylic acids is 1. The van der Waals surface area contributed by atoms with Crippen molar-refractivity contribution in [1.29, 1.82) is 0 Å². The molecule has 0 radical (unpaired) electrons. The standard InChI is InChI=1S/C24H39NO2/c1-3-5-6-7-8-9-10-11-12-13-14-15-16-17-18-19-20-21-22-27-23(4-2)24(25)26/h5-6,8-9,11-12,14-15,17-18,23H,3-4,7,10,13,16,19-22H2,1-2H3,(H2,25,26)/b6-5-,9-8-,12-11-,15-14-,18-17-. The van der Waals surface area contributed by atoms with Gasteiger partial charge >= 0.3 is 0 Å². The number of amides is 1. The molecule has 0 aliphatic rings. The Labute approximate surface area is 166 Å². The Morgan fingerprint density at radius 2 is 1.26 bits per heavy atom. The Kier molecular flexibility index (Phi) is 19.0. The van der Waals surface area contributed by atoms with E-state index in [1.807, 2.05) is 6.92 Å². The summed E-state index contributed by atoms with van der Waals surface area (Å²) in [6, 6.07) is 0. The van der Waals surface area contributed by atoms with Gasteiger partial charge in [-0.2, -0.15) is 0 Å². The van der Waals surface area contributed by atoms with Crippen molar-refractivity contribution in [3.63, 3.8) is 0 Å². The van der Waals surface area contributed by atoms with Crippen LogP contribution in [0.1, 0.15) is 71.6 Å². The Morgan fingerprint density at radius 1 is 0.778 bits per heavy atom. The summed E-state index contributed by atoms with van der Waals surface area (Å²) in [6.45, 7) is 4.66. The monoisotopic (exact) mass is 373 g/mol. The third-order valence-electron chi connectivity index (χ3n) is 3.93. The van der Waals surface area contributed by atoms with Crippen LogP contribution in [0.5, 0.6) is 0 Å². The van der Waals surface area contributed by atoms with Crippen LogP contribution in [0.4, 0.5) is 0 Å². The first-order valence-corrected chi connectivity index (χ1v) is 10.4. The van der Waals surface area contributed by atoms with Gasteiger partial charge in [0.2, 0.25) is 5.91 Å². The SMILES string of the molecule is CC/C=C\C/C=C\C/C=C\C/C=C\C/C=C\CCCCOC(CC)C(N)=O. The number of carbonyl (C=O) groups is 1. The van der Waals surface area contributed by atoms with Crippen LogP contribution in [-0.2, 0) is 9.53 Å². The minimum Gasteiger partial charge on any atom is -0.368 e. The maximum absolute atomic E-state index is 11.0.